The number of rotatable bonds is 5. The highest BCUT2D eigenvalue weighted by molar-refractivity contribution is 14.1. The second-order valence-electron chi connectivity index (χ2n) is 6.09. The Morgan fingerprint density at radius 1 is 1.20 bits per heavy atom. The van der Waals surface area contributed by atoms with E-state index in [2.05, 4.69) is 5.32 Å². The van der Waals surface area contributed by atoms with Gasteiger partial charge in [0.1, 0.15) is 5.57 Å². The van der Waals surface area contributed by atoms with Crippen molar-refractivity contribution in [1.82, 2.24) is 5.32 Å². The number of hydrogen-bond donors (Lipinski definition) is 3. The minimum atomic E-state index is -1.15. The van der Waals surface area contributed by atoms with Crippen molar-refractivity contribution in [3.05, 3.63) is 56.7 Å². The van der Waals surface area contributed by atoms with Gasteiger partial charge in [0.2, 0.25) is 0 Å². The Bertz CT molecular complexity index is 1090. The van der Waals surface area contributed by atoms with Crippen LogP contribution >= 0.6 is 22.6 Å². The van der Waals surface area contributed by atoms with Gasteiger partial charge in [-0.25, -0.2) is 14.5 Å². The normalized spacial score (nSPS) is 15.3. The summed E-state index contributed by atoms with van der Waals surface area (Å²) in [7, 11) is 0. The summed E-state index contributed by atoms with van der Waals surface area (Å²) in [6.45, 7) is 2.05. The predicted molar refractivity (Wildman–Crippen MR) is 114 cm³/mol. The third-order valence-electron chi connectivity index (χ3n) is 4.14. The average molecular weight is 522 g/mol. The number of aromatic hydroxyl groups is 1. The lowest BCUT2D eigenvalue weighted by atomic mass is 10.1. The van der Waals surface area contributed by atoms with Crippen molar-refractivity contribution < 1.29 is 34.1 Å². The number of ether oxygens (including phenoxy) is 1. The van der Waals surface area contributed by atoms with Crippen molar-refractivity contribution in [2.24, 2.45) is 0 Å². The Hall–Kier alpha value is -3.41. The summed E-state index contributed by atoms with van der Waals surface area (Å²) in [4.78, 5) is 49.2. The number of anilines is 1. The van der Waals surface area contributed by atoms with E-state index in [9.17, 15) is 24.3 Å². The number of aromatic carboxylic acids is 1. The van der Waals surface area contributed by atoms with Crippen LogP contribution in [0.1, 0.15) is 22.8 Å². The maximum Gasteiger partial charge on any atom is 0.335 e. The van der Waals surface area contributed by atoms with Crippen molar-refractivity contribution in [2.75, 3.05) is 11.5 Å². The first-order valence-corrected chi connectivity index (χ1v) is 9.71. The van der Waals surface area contributed by atoms with E-state index in [1.165, 1.54) is 36.4 Å². The summed E-state index contributed by atoms with van der Waals surface area (Å²) < 4.78 is 5.81. The number of halogens is 1. The van der Waals surface area contributed by atoms with Gasteiger partial charge in [-0.1, -0.05) is 0 Å². The number of nitrogens with zero attached hydrogens (tertiary/aromatic N) is 1. The summed E-state index contributed by atoms with van der Waals surface area (Å²) in [5.41, 5.74) is 0.198. The molecule has 3 N–H and O–H groups in total. The highest BCUT2D eigenvalue weighted by Gasteiger charge is 2.36. The molecule has 1 fully saturated rings. The third kappa shape index (κ3) is 4.13. The minimum Gasteiger partial charge on any atom is -0.504 e. The van der Waals surface area contributed by atoms with E-state index in [0.717, 1.165) is 4.90 Å². The van der Waals surface area contributed by atoms with E-state index in [1.54, 1.807) is 13.0 Å². The molecule has 3 rings (SSSR count). The standard InChI is InChI=1S/C20H15IN2O7/c1-2-30-15-9-10(8-14(21)16(15)24)7-13-17(25)22-20(29)23(18(13)26)12-5-3-11(4-6-12)19(27)28/h3-9,24H,2H2,1H3,(H,27,28)(H,22,25,29)/b13-7+. The molecule has 30 heavy (non-hydrogen) atoms. The Labute approximate surface area is 184 Å². The van der Waals surface area contributed by atoms with Crippen LogP contribution in [-0.4, -0.2) is 40.6 Å². The summed E-state index contributed by atoms with van der Waals surface area (Å²) in [5, 5.41) is 21.1. The second kappa shape index (κ2) is 8.53. The number of carbonyl (C=O) groups excluding carboxylic acids is 3. The predicted octanol–water partition coefficient (Wildman–Crippen LogP) is 2.76. The molecule has 0 bridgehead atoms. The van der Waals surface area contributed by atoms with E-state index in [4.69, 9.17) is 9.84 Å². The van der Waals surface area contributed by atoms with E-state index in [1.807, 2.05) is 22.6 Å². The maximum atomic E-state index is 12.9. The molecule has 0 atom stereocenters. The molecular weight excluding hydrogens is 507 g/mol. The molecule has 1 aliphatic heterocycles. The van der Waals surface area contributed by atoms with Gasteiger partial charge in [0.15, 0.2) is 11.5 Å². The highest BCUT2D eigenvalue weighted by Crippen LogP contribution is 2.34. The van der Waals surface area contributed by atoms with Gasteiger partial charge >= 0.3 is 12.0 Å². The number of imide groups is 2. The van der Waals surface area contributed by atoms with Crippen LogP contribution in [-0.2, 0) is 9.59 Å². The number of nitrogens with one attached hydrogen (secondary N) is 1. The largest absolute Gasteiger partial charge is 0.504 e. The summed E-state index contributed by atoms with van der Waals surface area (Å²) in [6, 6.07) is 7.16. The zero-order valence-corrected chi connectivity index (χ0v) is 17.7. The van der Waals surface area contributed by atoms with E-state index in [-0.39, 0.29) is 28.3 Å². The van der Waals surface area contributed by atoms with Crippen molar-refractivity contribution in [3.8, 4) is 11.5 Å². The van der Waals surface area contributed by atoms with E-state index in [0.29, 0.717) is 15.7 Å². The first kappa shape index (κ1) is 21.3. The van der Waals surface area contributed by atoms with Gasteiger partial charge < -0.3 is 14.9 Å². The van der Waals surface area contributed by atoms with Crippen LogP contribution in [0, 0.1) is 3.57 Å². The monoisotopic (exact) mass is 522 g/mol. The molecule has 1 aliphatic rings. The average Bonchev–Trinajstić information content (AvgIpc) is 2.69. The van der Waals surface area contributed by atoms with E-state index < -0.39 is 23.8 Å². The van der Waals surface area contributed by atoms with E-state index >= 15 is 0 Å². The van der Waals surface area contributed by atoms with Gasteiger partial charge in [-0.15, -0.1) is 0 Å². The van der Waals surface area contributed by atoms with Gasteiger partial charge in [0.05, 0.1) is 21.4 Å². The summed E-state index contributed by atoms with van der Waals surface area (Å²) >= 11 is 1.89. The first-order valence-electron chi connectivity index (χ1n) is 8.63. The number of phenolic OH excluding ortho intramolecular Hbond substituents is 1. The molecule has 1 saturated heterocycles. The number of carbonyl (C=O) groups is 4. The minimum absolute atomic E-state index is 0.0161. The SMILES string of the molecule is CCOc1cc(/C=C2\C(=O)NC(=O)N(c3ccc(C(=O)O)cc3)C2=O)cc(I)c1O. The molecule has 2 aromatic carbocycles. The molecule has 0 saturated carbocycles. The number of benzene rings is 2. The van der Waals surface area contributed by atoms with Crippen LogP contribution in [0.4, 0.5) is 10.5 Å². The lowest BCUT2D eigenvalue weighted by Crippen LogP contribution is -2.54. The van der Waals surface area contributed by atoms with Crippen molar-refractivity contribution in [2.45, 2.75) is 6.92 Å². The number of carboxylic acid groups (broad SMARTS) is 1. The zero-order valence-electron chi connectivity index (χ0n) is 15.5. The fourth-order valence-electron chi connectivity index (χ4n) is 2.75. The first-order chi connectivity index (χ1) is 14.2. The van der Waals surface area contributed by atoms with Crippen LogP contribution in [0.3, 0.4) is 0 Å². The molecule has 0 radical (unpaired) electrons. The number of urea groups is 1. The molecular formula is C20H15IN2O7. The Morgan fingerprint density at radius 2 is 1.87 bits per heavy atom. The lowest BCUT2D eigenvalue weighted by molar-refractivity contribution is -0.122. The molecule has 4 amide bonds. The van der Waals surface area contributed by atoms with Crippen LogP contribution in [0.2, 0.25) is 0 Å². The molecule has 2 aromatic rings. The zero-order chi connectivity index (χ0) is 22.0. The molecule has 0 unspecified atom stereocenters. The molecule has 0 aromatic heterocycles. The van der Waals surface area contributed by atoms with Gasteiger partial charge in [-0.05, 0) is 77.6 Å². The number of barbiturate groups is 1. The van der Waals surface area contributed by atoms with Gasteiger partial charge in [-0.2, -0.15) is 0 Å². The fraction of sp³-hybridized carbons (Fsp3) is 0.100. The highest BCUT2D eigenvalue weighted by atomic mass is 127. The van der Waals surface area contributed by atoms with Crippen molar-refractivity contribution >= 4 is 58.2 Å². The number of phenols is 1. The van der Waals surface area contributed by atoms with Crippen LogP contribution in [0.15, 0.2) is 42.0 Å². The molecule has 0 spiro atoms. The second-order valence-corrected chi connectivity index (χ2v) is 7.25. The van der Waals surface area contributed by atoms with Gasteiger partial charge in [0, 0.05) is 0 Å². The molecule has 154 valence electrons. The molecule has 9 nitrogen and oxygen atoms in total. The van der Waals surface area contributed by atoms with Crippen LogP contribution < -0.4 is 15.0 Å². The smallest absolute Gasteiger partial charge is 0.335 e. The Balaban J connectivity index is 2.01. The van der Waals surface area contributed by atoms with Crippen LogP contribution in [0.25, 0.3) is 6.08 Å². The Morgan fingerprint density at radius 3 is 2.47 bits per heavy atom. The molecule has 1 heterocycles. The number of hydrogen-bond acceptors (Lipinski definition) is 6. The topological polar surface area (TPSA) is 133 Å². The van der Waals surface area contributed by atoms with Gasteiger partial charge in [-0.3, -0.25) is 14.9 Å². The summed E-state index contributed by atoms with van der Waals surface area (Å²) in [5.74, 6) is -2.76. The molecule has 10 heteroatoms. The van der Waals surface area contributed by atoms with Gasteiger partial charge in [0.25, 0.3) is 11.8 Å². The Kier molecular flexibility index (Phi) is 6.06. The fourth-order valence-corrected chi connectivity index (χ4v) is 3.38. The number of carboxylic acids is 1. The maximum absolute atomic E-state index is 12.9. The lowest BCUT2D eigenvalue weighted by Gasteiger charge is -2.26. The number of amides is 4. The third-order valence-corrected chi connectivity index (χ3v) is 4.96. The molecule has 0 aliphatic carbocycles. The summed E-state index contributed by atoms with van der Waals surface area (Å²) in [6.07, 6.45) is 1.28. The van der Waals surface area contributed by atoms with Crippen LogP contribution in [0.5, 0.6) is 11.5 Å². The van der Waals surface area contributed by atoms with Crippen molar-refractivity contribution in [1.29, 1.82) is 0 Å². The van der Waals surface area contributed by atoms with Crippen molar-refractivity contribution in [3.63, 3.8) is 0 Å². The quantitative estimate of drug-likeness (QED) is 0.313.